The lowest BCUT2D eigenvalue weighted by molar-refractivity contribution is -0.147. The van der Waals surface area contributed by atoms with Crippen LogP contribution in [0.1, 0.15) is 24.9 Å². The van der Waals surface area contributed by atoms with Crippen LogP contribution < -0.4 is 5.73 Å². The van der Waals surface area contributed by atoms with Crippen LogP contribution in [0, 0.1) is 0 Å². The topological polar surface area (TPSA) is 38.5 Å². The highest BCUT2D eigenvalue weighted by Crippen LogP contribution is 2.27. The van der Waals surface area contributed by atoms with Gasteiger partial charge < -0.3 is 5.73 Å². The highest BCUT2D eigenvalue weighted by atomic mass is 79.9. The summed E-state index contributed by atoms with van der Waals surface area (Å²) in [6.45, 7) is 3.79. The van der Waals surface area contributed by atoms with Crippen LogP contribution in [0.5, 0.6) is 0 Å². The zero-order chi connectivity index (χ0) is 11.5. The van der Waals surface area contributed by atoms with E-state index in [1.807, 2.05) is 24.1 Å². The van der Waals surface area contributed by atoms with E-state index in [0.717, 1.165) is 24.0 Å². The van der Waals surface area contributed by atoms with E-state index in [2.05, 4.69) is 28.1 Å². The predicted octanol–water partition coefficient (Wildman–Crippen LogP) is 2.47. The molecular formula is C12H17BrN2O. The van der Waals surface area contributed by atoms with E-state index in [1.54, 1.807) is 0 Å². The minimum absolute atomic E-state index is 0.0549. The number of halogens is 1. The molecule has 0 saturated carbocycles. The normalized spacial score (nSPS) is 20.9. The molecule has 0 aliphatic carbocycles. The summed E-state index contributed by atoms with van der Waals surface area (Å²) in [5.74, 6) is 0. The summed E-state index contributed by atoms with van der Waals surface area (Å²) in [4.78, 5) is 5.60. The third-order valence-electron chi connectivity index (χ3n) is 2.80. The molecule has 88 valence electrons. The number of benzene rings is 1. The van der Waals surface area contributed by atoms with Crippen molar-refractivity contribution in [2.45, 2.75) is 25.4 Å². The SMILES string of the molecule is CC(N)C(c1ccc(Br)cc1)N1CCCO1. The lowest BCUT2D eigenvalue weighted by Gasteiger charge is -2.29. The molecule has 4 heteroatoms. The van der Waals surface area contributed by atoms with Crippen molar-refractivity contribution in [3.8, 4) is 0 Å². The lowest BCUT2D eigenvalue weighted by atomic mass is 10.0. The van der Waals surface area contributed by atoms with E-state index in [-0.39, 0.29) is 12.1 Å². The van der Waals surface area contributed by atoms with Crippen LogP contribution in [-0.2, 0) is 4.84 Å². The molecule has 1 aliphatic rings. The highest BCUT2D eigenvalue weighted by molar-refractivity contribution is 9.10. The summed E-state index contributed by atoms with van der Waals surface area (Å²) in [6.07, 6.45) is 1.08. The van der Waals surface area contributed by atoms with Crippen LogP contribution in [0.4, 0.5) is 0 Å². The van der Waals surface area contributed by atoms with Crippen LogP contribution in [0.2, 0.25) is 0 Å². The van der Waals surface area contributed by atoms with E-state index in [9.17, 15) is 0 Å². The van der Waals surface area contributed by atoms with Gasteiger partial charge in [-0.05, 0) is 31.0 Å². The molecule has 1 aromatic rings. The molecule has 1 saturated heterocycles. The summed E-state index contributed by atoms with van der Waals surface area (Å²) < 4.78 is 1.09. The van der Waals surface area contributed by atoms with Crippen molar-refractivity contribution in [1.29, 1.82) is 0 Å². The van der Waals surface area contributed by atoms with Gasteiger partial charge in [0.1, 0.15) is 0 Å². The number of hydrogen-bond donors (Lipinski definition) is 1. The van der Waals surface area contributed by atoms with Gasteiger partial charge in [0.2, 0.25) is 0 Å². The average Bonchev–Trinajstić information content (AvgIpc) is 2.74. The summed E-state index contributed by atoms with van der Waals surface area (Å²) in [5, 5.41) is 2.01. The van der Waals surface area contributed by atoms with Crippen LogP contribution in [0.3, 0.4) is 0 Å². The molecule has 1 aliphatic heterocycles. The minimum Gasteiger partial charge on any atom is -0.326 e. The first-order valence-corrected chi connectivity index (χ1v) is 6.38. The molecule has 1 aromatic carbocycles. The molecule has 2 N–H and O–H groups in total. The van der Waals surface area contributed by atoms with Gasteiger partial charge in [0.25, 0.3) is 0 Å². The maximum Gasteiger partial charge on any atom is 0.0750 e. The van der Waals surface area contributed by atoms with E-state index >= 15 is 0 Å². The van der Waals surface area contributed by atoms with Crippen LogP contribution in [-0.4, -0.2) is 24.3 Å². The van der Waals surface area contributed by atoms with Gasteiger partial charge in [-0.1, -0.05) is 28.1 Å². The molecule has 2 unspecified atom stereocenters. The molecule has 1 fully saturated rings. The molecule has 0 aromatic heterocycles. The Labute approximate surface area is 105 Å². The number of rotatable bonds is 3. The molecule has 1 heterocycles. The van der Waals surface area contributed by atoms with Crippen LogP contribution >= 0.6 is 15.9 Å². The zero-order valence-corrected chi connectivity index (χ0v) is 11.0. The maximum atomic E-state index is 6.05. The third-order valence-corrected chi connectivity index (χ3v) is 3.33. The molecular weight excluding hydrogens is 268 g/mol. The Hall–Kier alpha value is -0.420. The zero-order valence-electron chi connectivity index (χ0n) is 9.40. The first kappa shape index (κ1) is 12.0. The highest BCUT2D eigenvalue weighted by Gasteiger charge is 2.27. The summed E-state index contributed by atoms with van der Waals surface area (Å²) in [6, 6.07) is 8.48. The van der Waals surface area contributed by atoms with Crippen molar-refractivity contribution in [1.82, 2.24) is 5.06 Å². The predicted molar refractivity (Wildman–Crippen MR) is 67.8 cm³/mol. The van der Waals surface area contributed by atoms with Crippen molar-refractivity contribution in [3.05, 3.63) is 34.3 Å². The molecule has 3 nitrogen and oxygen atoms in total. The van der Waals surface area contributed by atoms with E-state index in [0.29, 0.717) is 0 Å². The summed E-state index contributed by atoms with van der Waals surface area (Å²) in [7, 11) is 0. The monoisotopic (exact) mass is 284 g/mol. The number of hydrogen-bond acceptors (Lipinski definition) is 3. The Morgan fingerprint density at radius 1 is 1.38 bits per heavy atom. The minimum atomic E-state index is 0.0549. The van der Waals surface area contributed by atoms with Gasteiger partial charge in [0.05, 0.1) is 12.6 Å². The van der Waals surface area contributed by atoms with Gasteiger partial charge in [0, 0.05) is 17.1 Å². The molecule has 16 heavy (non-hydrogen) atoms. The van der Waals surface area contributed by atoms with E-state index in [1.165, 1.54) is 5.56 Å². The maximum absolute atomic E-state index is 6.05. The van der Waals surface area contributed by atoms with Gasteiger partial charge in [-0.25, -0.2) is 0 Å². The molecule has 0 radical (unpaired) electrons. The van der Waals surface area contributed by atoms with Gasteiger partial charge in [-0.2, -0.15) is 5.06 Å². The van der Waals surface area contributed by atoms with E-state index in [4.69, 9.17) is 10.6 Å². The number of hydroxylamine groups is 2. The second-order valence-corrected chi connectivity index (χ2v) is 5.10. The van der Waals surface area contributed by atoms with Crippen LogP contribution in [0.25, 0.3) is 0 Å². The fourth-order valence-corrected chi connectivity index (χ4v) is 2.34. The van der Waals surface area contributed by atoms with Gasteiger partial charge in [-0.15, -0.1) is 0 Å². The smallest absolute Gasteiger partial charge is 0.0750 e. The Morgan fingerprint density at radius 3 is 2.56 bits per heavy atom. The van der Waals surface area contributed by atoms with Crippen molar-refractivity contribution in [2.75, 3.05) is 13.2 Å². The van der Waals surface area contributed by atoms with Crippen molar-refractivity contribution >= 4 is 15.9 Å². The number of nitrogens with two attached hydrogens (primary N) is 1. The fraction of sp³-hybridized carbons (Fsp3) is 0.500. The molecule has 0 amide bonds. The first-order valence-electron chi connectivity index (χ1n) is 5.59. The molecule has 0 bridgehead atoms. The summed E-state index contributed by atoms with van der Waals surface area (Å²) in [5.41, 5.74) is 7.26. The standard InChI is InChI=1S/C12H17BrN2O/c1-9(14)12(15-7-2-8-16-15)10-3-5-11(13)6-4-10/h3-6,9,12H,2,7-8,14H2,1H3. The lowest BCUT2D eigenvalue weighted by Crippen LogP contribution is -2.37. The summed E-state index contributed by atoms with van der Waals surface area (Å²) >= 11 is 3.44. The quantitative estimate of drug-likeness (QED) is 0.927. The second-order valence-electron chi connectivity index (χ2n) is 4.18. The van der Waals surface area contributed by atoms with Crippen LogP contribution in [0.15, 0.2) is 28.7 Å². The second kappa shape index (κ2) is 5.27. The van der Waals surface area contributed by atoms with Gasteiger partial charge in [0.15, 0.2) is 0 Å². The Kier molecular flexibility index (Phi) is 3.97. The van der Waals surface area contributed by atoms with E-state index < -0.39 is 0 Å². The Balaban J connectivity index is 2.21. The molecule has 2 rings (SSSR count). The van der Waals surface area contributed by atoms with Gasteiger partial charge in [-0.3, -0.25) is 4.84 Å². The molecule has 0 spiro atoms. The largest absolute Gasteiger partial charge is 0.326 e. The fourth-order valence-electron chi connectivity index (χ4n) is 2.08. The first-order chi connectivity index (χ1) is 7.68. The number of nitrogens with zero attached hydrogens (tertiary/aromatic N) is 1. The Bertz CT molecular complexity index is 333. The Morgan fingerprint density at radius 2 is 2.06 bits per heavy atom. The van der Waals surface area contributed by atoms with Crippen molar-refractivity contribution in [2.24, 2.45) is 5.73 Å². The van der Waals surface area contributed by atoms with Crippen molar-refractivity contribution in [3.63, 3.8) is 0 Å². The van der Waals surface area contributed by atoms with Crippen molar-refractivity contribution < 1.29 is 4.84 Å². The van der Waals surface area contributed by atoms with Gasteiger partial charge >= 0.3 is 0 Å². The molecule has 2 atom stereocenters. The third kappa shape index (κ3) is 2.63. The average molecular weight is 285 g/mol.